The maximum absolute atomic E-state index is 11.8. The molecule has 0 aliphatic carbocycles. The Bertz CT molecular complexity index is 711. The lowest BCUT2D eigenvalue weighted by atomic mass is 10.2. The minimum atomic E-state index is 0.171. The summed E-state index contributed by atoms with van der Waals surface area (Å²) in [5.41, 5.74) is 2.20. The van der Waals surface area contributed by atoms with Crippen molar-refractivity contribution in [3.05, 3.63) is 59.9 Å². The van der Waals surface area contributed by atoms with Gasteiger partial charge in [0.1, 0.15) is 12.4 Å². The normalized spacial score (nSPS) is 15.5. The highest BCUT2D eigenvalue weighted by Crippen LogP contribution is 2.16. The van der Waals surface area contributed by atoms with Gasteiger partial charge in [0.2, 0.25) is 5.91 Å². The SMILES string of the molecule is CN(C)C(=O)CN1CCN(Cc2ccc(OCc3ccccn3)cc2)CC1. The van der Waals surface area contributed by atoms with Crippen molar-refractivity contribution in [2.45, 2.75) is 13.2 Å². The number of carbonyl (C=O) groups excluding carboxylic acids is 1. The number of likely N-dealkylation sites (N-methyl/N-ethyl adjacent to an activating group) is 1. The molecule has 6 nitrogen and oxygen atoms in total. The predicted octanol–water partition coefficient (Wildman–Crippen LogP) is 1.87. The van der Waals surface area contributed by atoms with Gasteiger partial charge < -0.3 is 9.64 Å². The maximum atomic E-state index is 11.8. The van der Waals surface area contributed by atoms with Crippen molar-refractivity contribution in [1.29, 1.82) is 0 Å². The van der Waals surface area contributed by atoms with E-state index in [2.05, 4.69) is 26.9 Å². The smallest absolute Gasteiger partial charge is 0.236 e. The molecule has 0 spiro atoms. The molecule has 1 aromatic heterocycles. The molecule has 1 saturated heterocycles. The first-order valence-electron chi connectivity index (χ1n) is 9.36. The van der Waals surface area contributed by atoms with E-state index in [0.717, 1.165) is 44.2 Å². The lowest BCUT2D eigenvalue weighted by Gasteiger charge is -2.34. The van der Waals surface area contributed by atoms with Gasteiger partial charge in [-0.3, -0.25) is 19.6 Å². The second-order valence-electron chi connectivity index (χ2n) is 7.09. The van der Waals surface area contributed by atoms with Gasteiger partial charge in [-0.25, -0.2) is 0 Å². The Morgan fingerprint density at radius 3 is 2.37 bits per heavy atom. The Hall–Kier alpha value is -2.44. The number of piperazine rings is 1. The summed E-state index contributed by atoms with van der Waals surface area (Å²) in [6, 6.07) is 14.1. The molecule has 1 aromatic carbocycles. The fourth-order valence-corrected chi connectivity index (χ4v) is 3.03. The standard InChI is InChI=1S/C21H28N4O2/c1-23(2)21(26)16-25-13-11-24(12-14-25)15-18-6-8-20(9-7-18)27-17-19-5-3-4-10-22-19/h3-10H,11-17H2,1-2H3. The van der Waals surface area contributed by atoms with Crippen LogP contribution in [0.5, 0.6) is 5.75 Å². The summed E-state index contributed by atoms with van der Waals surface area (Å²) < 4.78 is 5.79. The van der Waals surface area contributed by atoms with Crippen molar-refractivity contribution in [3.63, 3.8) is 0 Å². The summed E-state index contributed by atoms with van der Waals surface area (Å²) in [5, 5.41) is 0. The number of hydrogen-bond donors (Lipinski definition) is 0. The van der Waals surface area contributed by atoms with E-state index < -0.39 is 0 Å². The third kappa shape index (κ3) is 6.05. The van der Waals surface area contributed by atoms with Crippen LogP contribution in [0.3, 0.4) is 0 Å². The van der Waals surface area contributed by atoms with Crippen molar-refractivity contribution in [2.75, 3.05) is 46.8 Å². The maximum Gasteiger partial charge on any atom is 0.236 e. The first-order chi connectivity index (χ1) is 13.1. The van der Waals surface area contributed by atoms with Gasteiger partial charge in [0, 0.05) is 53.0 Å². The quantitative estimate of drug-likeness (QED) is 0.747. The van der Waals surface area contributed by atoms with E-state index in [9.17, 15) is 4.79 Å². The molecule has 1 fully saturated rings. The summed E-state index contributed by atoms with van der Waals surface area (Å²) in [6.07, 6.45) is 1.78. The molecule has 2 heterocycles. The highest BCUT2D eigenvalue weighted by molar-refractivity contribution is 5.77. The Morgan fingerprint density at radius 1 is 1.04 bits per heavy atom. The lowest BCUT2D eigenvalue weighted by molar-refractivity contribution is -0.130. The summed E-state index contributed by atoms with van der Waals surface area (Å²) in [6.45, 7) is 5.76. The van der Waals surface area contributed by atoms with Crippen LogP contribution in [-0.2, 0) is 17.9 Å². The molecule has 2 aromatic rings. The third-order valence-electron chi connectivity index (χ3n) is 4.76. The van der Waals surface area contributed by atoms with Crippen molar-refractivity contribution < 1.29 is 9.53 Å². The zero-order valence-corrected chi connectivity index (χ0v) is 16.2. The minimum Gasteiger partial charge on any atom is -0.487 e. The Labute approximate surface area is 161 Å². The number of nitrogens with zero attached hydrogens (tertiary/aromatic N) is 4. The van der Waals surface area contributed by atoms with Crippen molar-refractivity contribution in [1.82, 2.24) is 19.7 Å². The number of benzene rings is 1. The van der Waals surface area contributed by atoms with Crippen molar-refractivity contribution >= 4 is 5.91 Å². The van der Waals surface area contributed by atoms with Crippen LogP contribution in [0.1, 0.15) is 11.3 Å². The molecular formula is C21H28N4O2. The molecule has 0 saturated carbocycles. The van der Waals surface area contributed by atoms with E-state index in [1.165, 1.54) is 5.56 Å². The largest absolute Gasteiger partial charge is 0.487 e. The average Bonchev–Trinajstić information content (AvgIpc) is 2.69. The van der Waals surface area contributed by atoms with Crippen molar-refractivity contribution in [2.24, 2.45) is 0 Å². The fraction of sp³-hybridized carbons (Fsp3) is 0.429. The summed E-state index contributed by atoms with van der Waals surface area (Å²) in [5.74, 6) is 1.03. The fourth-order valence-electron chi connectivity index (χ4n) is 3.03. The molecular weight excluding hydrogens is 340 g/mol. The zero-order chi connectivity index (χ0) is 19.1. The second kappa shape index (κ2) is 9.48. The van der Waals surface area contributed by atoms with Gasteiger partial charge in [0.15, 0.2) is 0 Å². The predicted molar refractivity (Wildman–Crippen MR) is 105 cm³/mol. The van der Waals surface area contributed by atoms with Gasteiger partial charge in [0.05, 0.1) is 12.2 Å². The van der Waals surface area contributed by atoms with Gasteiger partial charge in [0.25, 0.3) is 0 Å². The Balaban J connectivity index is 1.42. The number of hydrogen-bond acceptors (Lipinski definition) is 5. The zero-order valence-electron chi connectivity index (χ0n) is 16.2. The van der Waals surface area contributed by atoms with Gasteiger partial charge >= 0.3 is 0 Å². The molecule has 6 heteroatoms. The second-order valence-corrected chi connectivity index (χ2v) is 7.09. The number of carbonyl (C=O) groups is 1. The van der Waals surface area contributed by atoms with E-state index in [1.807, 2.05) is 44.4 Å². The Kier molecular flexibility index (Phi) is 6.79. The monoisotopic (exact) mass is 368 g/mol. The van der Waals surface area contributed by atoms with Gasteiger partial charge in [-0.1, -0.05) is 18.2 Å². The number of pyridine rings is 1. The van der Waals surface area contributed by atoms with Gasteiger partial charge in [-0.05, 0) is 29.8 Å². The first kappa shape index (κ1) is 19.3. The molecule has 0 unspecified atom stereocenters. The molecule has 0 N–H and O–H groups in total. The van der Waals surface area contributed by atoms with Crippen LogP contribution in [0.4, 0.5) is 0 Å². The molecule has 0 radical (unpaired) electrons. The summed E-state index contributed by atoms with van der Waals surface area (Å²) in [7, 11) is 3.62. The number of rotatable bonds is 7. The van der Waals surface area contributed by atoms with Gasteiger partial charge in [-0.2, -0.15) is 0 Å². The summed E-state index contributed by atoms with van der Waals surface area (Å²) >= 11 is 0. The number of amides is 1. The average molecular weight is 368 g/mol. The third-order valence-corrected chi connectivity index (χ3v) is 4.76. The van der Waals surface area contributed by atoms with E-state index in [-0.39, 0.29) is 5.91 Å². The minimum absolute atomic E-state index is 0.171. The molecule has 3 rings (SSSR count). The van der Waals surface area contributed by atoms with Crippen LogP contribution in [0, 0.1) is 0 Å². The van der Waals surface area contributed by atoms with Crippen LogP contribution in [-0.4, -0.2) is 72.4 Å². The number of aromatic nitrogens is 1. The highest BCUT2D eigenvalue weighted by Gasteiger charge is 2.19. The molecule has 0 atom stereocenters. The molecule has 144 valence electrons. The van der Waals surface area contributed by atoms with Crippen molar-refractivity contribution in [3.8, 4) is 5.75 Å². The van der Waals surface area contributed by atoms with Crippen LogP contribution in [0.2, 0.25) is 0 Å². The van der Waals surface area contributed by atoms with Gasteiger partial charge in [-0.15, -0.1) is 0 Å². The number of ether oxygens (including phenoxy) is 1. The molecule has 1 aliphatic heterocycles. The highest BCUT2D eigenvalue weighted by atomic mass is 16.5. The van der Waals surface area contributed by atoms with E-state index in [4.69, 9.17) is 4.74 Å². The van der Waals surface area contributed by atoms with Crippen LogP contribution in [0.25, 0.3) is 0 Å². The first-order valence-corrected chi connectivity index (χ1v) is 9.36. The van der Waals surface area contributed by atoms with E-state index in [0.29, 0.717) is 13.2 Å². The lowest BCUT2D eigenvalue weighted by Crippen LogP contribution is -2.48. The molecule has 1 aliphatic rings. The van der Waals surface area contributed by atoms with E-state index >= 15 is 0 Å². The molecule has 1 amide bonds. The topological polar surface area (TPSA) is 48.9 Å². The van der Waals surface area contributed by atoms with E-state index in [1.54, 1.807) is 11.1 Å². The Morgan fingerprint density at radius 2 is 1.74 bits per heavy atom. The van der Waals surface area contributed by atoms with Crippen LogP contribution < -0.4 is 4.74 Å². The molecule has 27 heavy (non-hydrogen) atoms. The van der Waals surface area contributed by atoms with Crippen LogP contribution >= 0.6 is 0 Å². The molecule has 0 bridgehead atoms. The van der Waals surface area contributed by atoms with Crippen LogP contribution in [0.15, 0.2) is 48.7 Å². The summed E-state index contributed by atoms with van der Waals surface area (Å²) in [4.78, 5) is 22.4.